The lowest BCUT2D eigenvalue weighted by molar-refractivity contribution is -0.122. The van der Waals surface area contributed by atoms with Gasteiger partial charge in [-0.15, -0.1) is 0 Å². The molecule has 6 aromatic carbocycles. The third kappa shape index (κ3) is 10.2. The number of hydrogen-bond donors (Lipinski definition) is 1. The van der Waals surface area contributed by atoms with Gasteiger partial charge in [0.25, 0.3) is 0 Å². The van der Waals surface area contributed by atoms with E-state index in [0.29, 0.717) is 41.0 Å². The number of amides is 1. The van der Waals surface area contributed by atoms with Crippen molar-refractivity contribution in [2.45, 2.75) is 185 Å². The molecule has 0 bridgehead atoms. The fraction of sp³-hybridized carbons (Fsp3) is 0.390. The van der Waals surface area contributed by atoms with E-state index in [9.17, 15) is 24.3 Å². The van der Waals surface area contributed by atoms with Crippen LogP contribution in [-0.2, 0) is 52.4 Å². The molecule has 0 atom stereocenters. The van der Waals surface area contributed by atoms with E-state index in [1.165, 1.54) is 186 Å². The van der Waals surface area contributed by atoms with Crippen molar-refractivity contribution >= 4 is 95.6 Å². The molecular weight excluding hydrogens is 1220 g/mol. The van der Waals surface area contributed by atoms with Crippen LogP contribution in [0.15, 0.2) is 128 Å². The first-order valence-electron chi connectivity index (χ1n) is 35.5. The number of nitrogens with zero attached hydrogens (tertiary/aromatic N) is 6. The van der Waals surface area contributed by atoms with E-state index in [-0.39, 0.29) is 17.8 Å². The van der Waals surface area contributed by atoms with Crippen LogP contribution in [0.5, 0.6) is 0 Å². The zero-order valence-electron chi connectivity index (χ0n) is 55.8. The van der Waals surface area contributed by atoms with Crippen molar-refractivity contribution in [1.82, 2.24) is 22.8 Å². The number of aromatic nitrogens is 5. The van der Waals surface area contributed by atoms with Crippen LogP contribution in [0.1, 0.15) is 201 Å². The van der Waals surface area contributed by atoms with Crippen molar-refractivity contribution in [3.05, 3.63) is 172 Å². The van der Waals surface area contributed by atoms with Gasteiger partial charge < -0.3 is 42.3 Å². The zero-order valence-corrected chi connectivity index (χ0v) is 56.5. The number of aromatic carboxylic acids is 1. The van der Waals surface area contributed by atoms with Gasteiger partial charge in [-0.2, -0.15) is 0 Å². The van der Waals surface area contributed by atoms with Gasteiger partial charge in [-0.1, -0.05) is 142 Å². The molecule has 1 N–H and O–H groups in total. The van der Waals surface area contributed by atoms with Gasteiger partial charge in [0.05, 0.1) is 70.1 Å². The molecule has 3 aliphatic carbocycles. The SMILES string of the molecule is CC1(C)C(=O)N2CCCn3c(c(C4CCCCC4)c4ccc(C(=O)O)cc43)-c3cccc1c32.COC(=O)c1ccc2c(C3CCCCC3)c3n(c2c1)CCCn1c(Cl)cc2cccc-3c21.COC(=O)c1ccc2c(C3CCCCC3)c3n(c2c1)CCCn1ccc2cccc-3c21. The highest BCUT2D eigenvalue weighted by Gasteiger charge is 2.46. The van der Waals surface area contributed by atoms with Gasteiger partial charge >= 0.3 is 17.9 Å². The summed E-state index contributed by atoms with van der Waals surface area (Å²) in [5, 5.41) is 16.8. The lowest BCUT2D eigenvalue weighted by atomic mass is 9.80. The Morgan fingerprint density at radius 1 is 0.469 bits per heavy atom. The maximum atomic E-state index is 13.4. The summed E-state index contributed by atoms with van der Waals surface area (Å²) < 4.78 is 22.1. The molecule has 0 spiro atoms. The number of fused-ring (bicyclic) bond motifs is 12. The molecule has 1 amide bonds. The van der Waals surface area contributed by atoms with E-state index in [1.807, 2.05) is 49.1 Å². The van der Waals surface area contributed by atoms with Gasteiger partial charge in [-0.05, 0) is 160 Å². The van der Waals surface area contributed by atoms with Gasteiger partial charge in [0.2, 0.25) is 5.91 Å². The summed E-state index contributed by atoms with van der Waals surface area (Å²) >= 11 is 6.67. The van der Waals surface area contributed by atoms with Gasteiger partial charge in [-0.25, -0.2) is 14.4 Å². The van der Waals surface area contributed by atoms with Crippen LogP contribution < -0.4 is 4.90 Å². The summed E-state index contributed by atoms with van der Waals surface area (Å²) in [5.41, 5.74) is 21.0. The first-order valence-corrected chi connectivity index (χ1v) is 35.9. The number of anilines is 1. The van der Waals surface area contributed by atoms with Crippen molar-refractivity contribution in [3.8, 4) is 33.8 Å². The van der Waals surface area contributed by atoms with Gasteiger partial charge in [-0.3, -0.25) is 4.79 Å². The lowest BCUT2D eigenvalue weighted by Gasteiger charge is -2.28. The van der Waals surface area contributed by atoms with Crippen molar-refractivity contribution in [3.63, 3.8) is 0 Å². The standard InChI is InChI=1S/C28H30N2O3.C27H27ClN2O2.C27H28N2O2/c1-28(2)21-11-6-10-20-24(21)30(27(28)33)15-7-14-29-22-16-18(26(31)32)12-13-19(22)23(25(20)29)17-8-4-3-5-9-17;1-32-27(31)19-11-12-20-22(15-19)29-13-6-14-30-23(28)16-18-9-5-10-21(25(18)30)26(29)24(20)17-7-3-2-4-8-17;1-31-27(30)20-11-12-21-23(17-20)29-15-6-14-28-16-13-19-9-5-10-22(25(19)28)26(29)24(21)18-7-3-2-4-8-18/h6,10-13,16-17H,3-5,7-9,14-15H2,1-2H3,(H,31,32);5,9-12,15-17H,2-4,6-8,13-14H2,1H3;5,9-13,16-18H,2-4,6-8,14-15H2,1H3. The molecule has 14 heteroatoms. The molecule has 0 radical (unpaired) electrons. The minimum atomic E-state index is -0.892. The van der Waals surface area contributed by atoms with E-state index < -0.39 is 11.4 Å². The Balaban J connectivity index is 0.000000113. The predicted molar refractivity (Wildman–Crippen MR) is 384 cm³/mol. The number of methoxy groups -OCH3 is 2. The molecule has 4 aliphatic heterocycles. The van der Waals surface area contributed by atoms with Crippen LogP contribution >= 0.6 is 11.6 Å². The van der Waals surface area contributed by atoms with E-state index in [4.69, 9.17) is 21.1 Å². The Hall–Kier alpha value is -8.81. The highest BCUT2D eigenvalue weighted by atomic mass is 35.5. The molecule has 3 fully saturated rings. The molecular formula is C82H85ClN6O7. The molecule has 0 saturated heterocycles. The van der Waals surface area contributed by atoms with Crippen LogP contribution in [0.3, 0.4) is 0 Å². The molecule has 5 aromatic heterocycles. The third-order valence-corrected chi connectivity index (χ3v) is 23.2. The number of ether oxygens (including phenoxy) is 2. The number of hydrogen-bond acceptors (Lipinski definition) is 6. The van der Waals surface area contributed by atoms with Gasteiger partial charge in [0.1, 0.15) is 5.15 Å². The minimum absolute atomic E-state index is 0.182. The van der Waals surface area contributed by atoms with Crippen molar-refractivity contribution in [1.29, 1.82) is 0 Å². The van der Waals surface area contributed by atoms with Gasteiger partial charge in [0, 0.05) is 106 Å². The molecule has 18 rings (SSSR count). The monoisotopic (exact) mass is 1300 g/mol. The molecule has 7 aliphatic rings. The van der Waals surface area contributed by atoms with Crippen molar-refractivity contribution in [2.75, 3.05) is 25.7 Å². The summed E-state index contributed by atoms with van der Waals surface area (Å²) in [4.78, 5) is 51.8. The topological polar surface area (TPSA) is 135 Å². The molecule has 13 nitrogen and oxygen atoms in total. The number of aryl methyl sites for hydroxylation is 5. The fourth-order valence-electron chi connectivity index (χ4n) is 18.5. The van der Waals surface area contributed by atoms with Crippen LogP contribution in [0.2, 0.25) is 5.15 Å². The maximum Gasteiger partial charge on any atom is 0.337 e. The average molecular weight is 1300 g/mol. The van der Waals surface area contributed by atoms with Crippen LogP contribution in [-0.4, -0.2) is 72.5 Å². The lowest BCUT2D eigenvalue weighted by Crippen LogP contribution is -2.37. The quantitative estimate of drug-likeness (QED) is 0.164. The van der Waals surface area contributed by atoms with E-state index >= 15 is 0 Å². The second-order valence-electron chi connectivity index (χ2n) is 28.7. The number of halogens is 1. The van der Waals surface area contributed by atoms with E-state index in [1.54, 1.807) is 6.07 Å². The molecule has 11 aromatic rings. The van der Waals surface area contributed by atoms with Crippen LogP contribution in [0.4, 0.5) is 5.69 Å². The summed E-state index contributed by atoms with van der Waals surface area (Å²) in [5.74, 6) is 0.323. The van der Waals surface area contributed by atoms with Crippen LogP contribution in [0.25, 0.3) is 88.3 Å². The number of esters is 2. The Labute approximate surface area is 565 Å². The number of carbonyl (C=O) groups is 4. The highest BCUT2D eigenvalue weighted by molar-refractivity contribution is 6.31. The van der Waals surface area contributed by atoms with Gasteiger partial charge in [0.15, 0.2) is 0 Å². The number of carboxylic acids is 1. The van der Waals surface area contributed by atoms with Crippen molar-refractivity contribution in [2.24, 2.45) is 0 Å². The van der Waals surface area contributed by atoms with Crippen LogP contribution in [0, 0.1) is 0 Å². The Morgan fingerprint density at radius 3 is 1.43 bits per heavy atom. The third-order valence-electron chi connectivity index (χ3n) is 22.9. The average Bonchev–Trinajstić information content (AvgIpc) is 1.56. The maximum absolute atomic E-state index is 13.4. The molecule has 96 heavy (non-hydrogen) atoms. The van der Waals surface area contributed by atoms with Crippen molar-refractivity contribution < 1.29 is 33.8 Å². The Morgan fingerprint density at radius 2 is 0.906 bits per heavy atom. The second kappa shape index (κ2) is 25.0. The first-order chi connectivity index (χ1) is 46.8. The molecule has 0 unspecified atom stereocenters. The largest absolute Gasteiger partial charge is 0.478 e. The smallest absolute Gasteiger partial charge is 0.337 e. The minimum Gasteiger partial charge on any atom is -0.478 e. The summed E-state index contributed by atoms with van der Waals surface area (Å²) in [6.07, 6.45) is 24.0. The Kier molecular flexibility index (Phi) is 16.1. The molecule has 9 heterocycles. The highest BCUT2D eigenvalue weighted by Crippen LogP contribution is 2.54. The summed E-state index contributed by atoms with van der Waals surface area (Å²) in [6, 6.07) is 41.8. The fourth-order valence-corrected chi connectivity index (χ4v) is 18.8. The second-order valence-corrected chi connectivity index (χ2v) is 29.1. The number of rotatable bonds is 6. The number of carboxylic acid groups (broad SMARTS) is 1. The molecule has 492 valence electrons. The van der Waals surface area contributed by atoms with E-state index in [2.05, 4.69) is 114 Å². The summed E-state index contributed by atoms with van der Waals surface area (Å²) in [6.45, 7) is 9.27. The summed E-state index contributed by atoms with van der Waals surface area (Å²) in [7, 11) is 2.90. The van der Waals surface area contributed by atoms with E-state index in [0.717, 1.165) is 97.8 Å². The number of para-hydroxylation sites is 3. The Bertz CT molecular complexity index is 4950. The predicted octanol–water partition coefficient (Wildman–Crippen LogP) is 19.7. The number of carbonyl (C=O) groups excluding carboxylic acids is 3. The normalized spacial score (nSPS) is 17.8. The zero-order chi connectivity index (χ0) is 65.7. The molecule has 3 saturated carbocycles. The number of benzene rings is 6. The first kappa shape index (κ1) is 62.0.